The number of rotatable bonds is 5. The van der Waals surface area contributed by atoms with Crippen molar-refractivity contribution in [2.45, 2.75) is 26.9 Å². The molecule has 3 aromatic carbocycles. The van der Waals surface area contributed by atoms with E-state index in [9.17, 15) is 4.79 Å². The molecule has 0 unspecified atom stereocenters. The number of carbonyl (C=O) groups excluding carboxylic acids is 1. The second-order valence-electron chi connectivity index (χ2n) is 6.86. The number of anilines is 1. The van der Waals surface area contributed by atoms with E-state index in [1.807, 2.05) is 74.5 Å². The second kappa shape index (κ2) is 9.13. The Kier molecular flexibility index (Phi) is 6.61. The van der Waals surface area contributed by atoms with E-state index in [2.05, 4.69) is 11.4 Å². The molecule has 0 fully saturated rings. The van der Waals surface area contributed by atoms with Crippen molar-refractivity contribution < 1.29 is 4.79 Å². The van der Waals surface area contributed by atoms with E-state index in [-0.39, 0.29) is 6.03 Å². The lowest BCUT2D eigenvalue weighted by atomic mass is 10.1. The third kappa shape index (κ3) is 5.51. The highest BCUT2D eigenvalue weighted by atomic mass is 35.5. The van der Waals surface area contributed by atoms with Gasteiger partial charge in [0.25, 0.3) is 0 Å². The minimum absolute atomic E-state index is 0.156. The van der Waals surface area contributed by atoms with Gasteiger partial charge in [0.05, 0.1) is 0 Å². The van der Waals surface area contributed by atoms with Gasteiger partial charge in [-0.1, -0.05) is 65.2 Å². The monoisotopic (exact) mass is 412 g/mol. The SMILES string of the molecule is Cc1ccc(NC(=O)N(Cc2ccc(Cl)cc2)Cc2ccc(Cl)cc2)c(C)c1. The molecule has 0 aliphatic carbocycles. The van der Waals surface area contributed by atoms with Crippen molar-refractivity contribution >= 4 is 34.9 Å². The summed E-state index contributed by atoms with van der Waals surface area (Å²) in [5.41, 5.74) is 5.03. The summed E-state index contributed by atoms with van der Waals surface area (Å²) in [6.45, 7) is 4.96. The van der Waals surface area contributed by atoms with Crippen LogP contribution in [-0.4, -0.2) is 10.9 Å². The fourth-order valence-corrected chi connectivity index (χ4v) is 3.22. The first-order valence-corrected chi connectivity index (χ1v) is 9.78. The van der Waals surface area contributed by atoms with Gasteiger partial charge in [-0.15, -0.1) is 0 Å². The summed E-state index contributed by atoms with van der Waals surface area (Å²) in [6.07, 6.45) is 0. The molecule has 0 aliphatic rings. The third-order valence-electron chi connectivity index (χ3n) is 4.48. The number of halogens is 2. The van der Waals surface area contributed by atoms with Crippen molar-refractivity contribution in [2.75, 3.05) is 5.32 Å². The molecule has 0 aliphatic heterocycles. The number of hydrogen-bond donors (Lipinski definition) is 1. The number of nitrogens with zero attached hydrogens (tertiary/aromatic N) is 1. The molecule has 3 rings (SSSR count). The first-order chi connectivity index (χ1) is 13.4. The van der Waals surface area contributed by atoms with E-state index in [0.29, 0.717) is 23.1 Å². The number of urea groups is 1. The summed E-state index contributed by atoms with van der Waals surface area (Å²) in [7, 11) is 0. The Hall–Kier alpha value is -2.49. The number of amides is 2. The highest BCUT2D eigenvalue weighted by Crippen LogP contribution is 2.19. The van der Waals surface area contributed by atoms with Crippen LogP contribution in [0.3, 0.4) is 0 Å². The van der Waals surface area contributed by atoms with E-state index in [4.69, 9.17) is 23.2 Å². The van der Waals surface area contributed by atoms with Gasteiger partial charge in [-0.2, -0.15) is 0 Å². The van der Waals surface area contributed by atoms with E-state index < -0.39 is 0 Å². The van der Waals surface area contributed by atoms with Crippen LogP contribution >= 0.6 is 23.2 Å². The zero-order valence-corrected chi connectivity index (χ0v) is 17.4. The summed E-state index contributed by atoms with van der Waals surface area (Å²) < 4.78 is 0. The molecule has 3 nitrogen and oxygen atoms in total. The normalized spacial score (nSPS) is 10.6. The Labute approximate surface area is 175 Å². The molecule has 28 heavy (non-hydrogen) atoms. The van der Waals surface area contributed by atoms with Gasteiger partial charge >= 0.3 is 6.03 Å². The Balaban J connectivity index is 1.81. The van der Waals surface area contributed by atoms with Crippen molar-refractivity contribution in [3.05, 3.63) is 99.0 Å². The lowest BCUT2D eigenvalue weighted by Crippen LogP contribution is -2.34. The molecular weight excluding hydrogens is 391 g/mol. The number of carbonyl (C=O) groups is 1. The number of nitrogens with one attached hydrogen (secondary N) is 1. The first kappa shape index (κ1) is 20.2. The molecule has 0 aromatic heterocycles. The summed E-state index contributed by atoms with van der Waals surface area (Å²) in [4.78, 5) is 14.8. The Bertz CT molecular complexity index is 906. The Morgan fingerprint density at radius 1 is 0.821 bits per heavy atom. The summed E-state index contributed by atoms with van der Waals surface area (Å²) in [6, 6.07) is 20.9. The largest absolute Gasteiger partial charge is 0.322 e. The Morgan fingerprint density at radius 3 is 1.79 bits per heavy atom. The number of benzene rings is 3. The van der Waals surface area contributed by atoms with Crippen molar-refractivity contribution in [3.63, 3.8) is 0 Å². The van der Waals surface area contributed by atoms with Crippen LogP contribution in [-0.2, 0) is 13.1 Å². The summed E-state index contributed by atoms with van der Waals surface area (Å²) in [5, 5.41) is 4.38. The van der Waals surface area contributed by atoms with Gasteiger partial charge in [0.15, 0.2) is 0 Å². The Morgan fingerprint density at radius 2 is 1.32 bits per heavy atom. The topological polar surface area (TPSA) is 32.3 Å². The van der Waals surface area contributed by atoms with Crippen LogP contribution in [0.5, 0.6) is 0 Å². The fraction of sp³-hybridized carbons (Fsp3) is 0.174. The molecule has 0 spiro atoms. The van der Waals surface area contributed by atoms with Crippen LogP contribution in [0.2, 0.25) is 10.0 Å². The predicted octanol–water partition coefficient (Wildman–Crippen LogP) is 6.84. The van der Waals surface area contributed by atoms with Gasteiger partial charge in [0, 0.05) is 28.8 Å². The maximum absolute atomic E-state index is 13.1. The van der Waals surface area contributed by atoms with Crippen molar-refractivity contribution in [1.82, 2.24) is 4.90 Å². The lowest BCUT2D eigenvalue weighted by molar-refractivity contribution is 0.206. The number of aryl methyl sites for hydroxylation is 2. The quantitative estimate of drug-likeness (QED) is 0.488. The van der Waals surface area contributed by atoms with E-state index in [1.165, 1.54) is 0 Å². The predicted molar refractivity (Wildman–Crippen MR) is 117 cm³/mol. The van der Waals surface area contributed by atoms with Crippen LogP contribution in [0.15, 0.2) is 66.7 Å². The molecule has 0 saturated heterocycles. The molecule has 0 bridgehead atoms. The molecule has 0 radical (unpaired) electrons. The van der Waals surface area contributed by atoms with Crippen LogP contribution in [0.25, 0.3) is 0 Å². The van der Waals surface area contributed by atoms with Crippen molar-refractivity contribution in [3.8, 4) is 0 Å². The van der Waals surface area contributed by atoms with E-state index in [1.54, 1.807) is 4.90 Å². The zero-order valence-electron chi connectivity index (χ0n) is 15.9. The smallest absolute Gasteiger partial charge is 0.316 e. The molecule has 5 heteroatoms. The third-order valence-corrected chi connectivity index (χ3v) is 4.99. The van der Waals surface area contributed by atoms with E-state index >= 15 is 0 Å². The average molecular weight is 413 g/mol. The highest BCUT2D eigenvalue weighted by Gasteiger charge is 2.16. The van der Waals surface area contributed by atoms with Gasteiger partial charge in [-0.25, -0.2) is 4.79 Å². The molecule has 144 valence electrons. The molecular formula is C23H22Cl2N2O. The van der Waals surface area contributed by atoms with Gasteiger partial charge in [0.2, 0.25) is 0 Å². The summed E-state index contributed by atoms with van der Waals surface area (Å²) >= 11 is 12.0. The van der Waals surface area contributed by atoms with Crippen LogP contribution in [0, 0.1) is 13.8 Å². The van der Waals surface area contributed by atoms with Crippen molar-refractivity contribution in [1.29, 1.82) is 0 Å². The minimum atomic E-state index is -0.156. The van der Waals surface area contributed by atoms with Crippen LogP contribution in [0.4, 0.5) is 10.5 Å². The van der Waals surface area contributed by atoms with E-state index in [0.717, 1.165) is 27.9 Å². The van der Waals surface area contributed by atoms with Crippen LogP contribution in [0.1, 0.15) is 22.3 Å². The molecule has 0 heterocycles. The molecule has 1 N–H and O–H groups in total. The standard InChI is InChI=1S/C23H22Cl2N2O/c1-16-3-12-22(17(2)13-16)26-23(28)27(14-18-4-8-20(24)9-5-18)15-19-6-10-21(25)11-7-19/h3-13H,14-15H2,1-2H3,(H,26,28). The zero-order chi connectivity index (χ0) is 20.1. The van der Waals surface area contributed by atoms with Gasteiger partial charge < -0.3 is 10.2 Å². The number of hydrogen-bond acceptors (Lipinski definition) is 1. The second-order valence-corrected chi connectivity index (χ2v) is 7.73. The maximum Gasteiger partial charge on any atom is 0.322 e. The molecule has 0 atom stereocenters. The van der Waals surface area contributed by atoms with Gasteiger partial charge in [-0.05, 0) is 60.9 Å². The minimum Gasteiger partial charge on any atom is -0.316 e. The fourth-order valence-electron chi connectivity index (χ4n) is 2.97. The first-order valence-electron chi connectivity index (χ1n) is 9.03. The van der Waals surface area contributed by atoms with Crippen molar-refractivity contribution in [2.24, 2.45) is 0 Å². The van der Waals surface area contributed by atoms with Gasteiger partial charge in [0.1, 0.15) is 0 Å². The van der Waals surface area contributed by atoms with Crippen LogP contribution < -0.4 is 5.32 Å². The molecule has 0 saturated carbocycles. The molecule has 3 aromatic rings. The lowest BCUT2D eigenvalue weighted by Gasteiger charge is -2.24. The average Bonchev–Trinajstić information content (AvgIpc) is 2.67. The molecule has 2 amide bonds. The highest BCUT2D eigenvalue weighted by molar-refractivity contribution is 6.30. The summed E-state index contributed by atoms with van der Waals surface area (Å²) in [5.74, 6) is 0. The maximum atomic E-state index is 13.1. The van der Waals surface area contributed by atoms with Gasteiger partial charge in [-0.3, -0.25) is 0 Å².